The number of benzene rings is 10. The molecule has 0 atom stereocenters. The molecule has 0 heterocycles. The van der Waals surface area contributed by atoms with E-state index in [2.05, 4.69) is 218 Å². The highest BCUT2D eigenvalue weighted by Crippen LogP contribution is 2.47. The Balaban J connectivity index is 1.23. The average Bonchev–Trinajstić information content (AvgIpc) is 3.26. The SMILES string of the molecule is c1ccc(-c2ccc3c(-c4ccccc4)c(-c4ccc(-c5ccc(-c6ccccc6)c6ccccc56)c5ccccc45)ccc3c2-c2ccccc2)cc1. The Hall–Kier alpha value is -7.02. The fraction of sp³-hybridized carbons (Fsp3) is 0. The van der Waals surface area contributed by atoms with Crippen LogP contribution in [0.4, 0.5) is 0 Å². The first-order chi connectivity index (χ1) is 26.8. The van der Waals surface area contributed by atoms with E-state index in [-0.39, 0.29) is 0 Å². The molecule has 0 aliphatic heterocycles. The zero-order valence-electron chi connectivity index (χ0n) is 29.8. The van der Waals surface area contributed by atoms with Gasteiger partial charge in [-0.1, -0.05) is 218 Å². The van der Waals surface area contributed by atoms with Gasteiger partial charge in [0.2, 0.25) is 0 Å². The average molecular weight is 685 g/mol. The summed E-state index contributed by atoms with van der Waals surface area (Å²) >= 11 is 0. The Bertz CT molecular complexity index is 2940. The van der Waals surface area contributed by atoms with Gasteiger partial charge in [-0.25, -0.2) is 0 Å². The molecule has 252 valence electrons. The summed E-state index contributed by atoms with van der Waals surface area (Å²) in [6.45, 7) is 0. The maximum absolute atomic E-state index is 2.36. The van der Waals surface area contributed by atoms with Crippen LogP contribution in [0.15, 0.2) is 218 Å². The van der Waals surface area contributed by atoms with Crippen LogP contribution in [0.2, 0.25) is 0 Å². The molecule has 0 unspecified atom stereocenters. The molecule has 54 heavy (non-hydrogen) atoms. The zero-order valence-corrected chi connectivity index (χ0v) is 29.8. The monoisotopic (exact) mass is 684 g/mol. The molecule has 10 aromatic carbocycles. The summed E-state index contributed by atoms with van der Waals surface area (Å²) in [5, 5.41) is 7.50. The minimum Gasteiger partial charge on any atom is -0.0622 e. The van der Waals surface area contributed by atoms with E-state index in [1.165, 1.54) is 99.1 Å². The van der Waals surface area contributed by atoms with Gasteiger partial charge in [-0.05, 0) is 99.1 Å². The summed E-state index contributed by atoms with van der Waals surface area (Å²) in [5.41, 5.74) is 14.8. The minimum atomic E-state index is 1.21. The van der Waals surface area contributed by atoms with Gasteiger partial charge < -0.3 is 0 Å². The molecule has 0 aliphatic carbocycles. The Morgan fingerprint density at radius 1 is 0.148 bits per heavy atom. The molecular formula is C54H36. The van der Waals surface area contributed by atoms with Crippen molar-refractivity contribution >= 4 is 32.3 Å². The molecule has 0 aliphatic rings. The fourth-order valence-corrected chi connectivity index (χ4v) is 8.49. The third-order valence-corrected chi connectivity index (χ3v) is 10.9. The lowest BCUT2D eigenvalue weighted by molar-refractivity contribution is 1.59. The van der Waals surface area contributed by atoms with E-state index in [1.54, 1.807) is 0 Å². The summed E-state index contributed by atoms with van der Waals surface area (Å²) in [5.74, 6) is 0. The van der Waals surface area contributed by atoms with E-state index in [0.29, 0.717) is 0 Å². The Morgan fingerprint density at radius 2 is 0.426 bits per heavy atom. The molecule has 0 bridgehead atoms. The van der Waals surface area contributed by atoms with Crippen molar-refractivity contribution in [2.45, 2.75) is 0 Å². The molecule has 0 spiro atoms. The first kappa shape index (κ1) is 31.7. The first-order valence-electron chi connectivity index (χ1n) is 18.7. The van der Waals surface area contributed by atoms with Crippen LogP contribution in [0.3, 0.4) is 0 Å². The van der Waals surface area contributed by atoms with Crippen LogP contribution in [0, 0.1) is 0 Å². The lowest BCUT2D eigenvalue weighted by Gasteiger charge is -2.21. The van der Waals surface area contributed by atoms with Gasteiger partial charge in [-0.3, -0.25) is 0 Å². The van der Waals surface area contributed by atoms with E-state index >= 15 is 0 Å². The predicted molar refractivity (Wildman–Crippen MR) is 232 cm³/mol. The van der Waals surface area contributed by atoms with Gasteiger partial charge in [0.25, 0.3) is 0 Å². The number of hydrogen-bond donors (Lipinski definition) is 0. The predicted octanol–water partition coefficient (Wildman–Crippen LogP) is 15.1. The van der Waals surface area contributed by atoms with E-state index in [4.69, 9.17) is 0 Å². The van der Waals surface area contributed by atoms with Gasteiger partial charge in [0.1, 0.15) is 0 Å². The lowest BCUT2D eigenvalue weighted by Crippen LogP contribution is -1.94. The molecule has 0 saturated heterocycles. The maximum Gasteiger partial charge on any atom is -0.00264 e. The highest BCUT2D eigenvalue weighted by molar-refractivity contribution is 6.17. The Kier molecular flexibility index (Phi) is 7.93. The third kappa shape index (κ3) is 5.40. The van der Waals surface area contributed by atoms with Crippen molar-refractivity contribution < 1.29 is 0 Å². The third-order valence-electron chi connectivity index (χ3n) is 10.9. The quantitative estimate of drug-likeness (QED) is 0.164. The number of rotatable bonds is 6. The second-order valence-electron chi connectivity index (χ2n) is 13.9. The molecule has 0 N–H and O–H groups in total. The van der Waals surface area contributed by atoms with E-state index < -0.39 is 0 Å². The first-order valence-corrected chi connectivity index (χ1v) is 18.7. The van der Waals surface area contributed by atoms with Crippen LogP contribution in [0.1, 0.15) is 0 Å². The van der Waals surface area contributed by atoms with E-state index in [1.807, 2.05) is 0 Å². The van der Waals surface area contributed by atoms with Gasteiger partial charge in [0.05, 0.1) is 0 Å². The summed E-state index contributed by atoms with van der Waals surface area (Å²) in [7, 11) is 0. The fourth-order valence-electron chi connectivity index (χ4n) is 8.49. The molecule has 0 amide bonds. The van der Waals surface area contributed by atoms with Crippen LogP contribution >= 0.6 is 0 Å². The number of hydrogen-bond acceptors (Lipinski definition) is 0. The molecule has 10 rings (SSSR count). The van der Waals surface area contributed by atoms with Crippen LogP contribution in [0.25, 0.3) is 99.1 Å². The van der Waals surface area contributed by atoms with Crippen molar-refractivity contribution in [3.63, 3.8) is 0 Å². The second kappa shape index (κ2) is 13.5. The van der Waals surface area contributed by atoms with Gasteiger partial charge in [0.15, 0.2) is 0 Å². The van der Waals surface area contributed by atoms with Gasteiger partial charge in [-0.15, -0.1) is 0 Å². The molecule has 0 fully saturated rings. The van der Waals surface area contributed by atoms with Crippen LogP contribution in [0.5, 0.6) is 0 Å². The summed E-state index contributed by atoms with van der Waals surface area (Å²) in [6.07, 6.45) is 0. The van der Waals surface area contributed by atoms with Crippen molar-refractivity contribution in [2.75, 3.05) is 0 Å². The topological polar surface area (TPSA) is 0 Å². The largest absolute Gasteiger partial charge is 0.0622 e. The normalized spacial score (nSPS) is 11.3. The van der Waals surface area contributed by atoms with Crippen molar-refractivity contribution in [1.82, 2.24) is 0 Å². The van der Waals surface area contributed by atoms with Crippen molar-refractivity contribution in [2.24, 2.45) is 0 Å². The highest BCUT2D eigenvalue weighted by atomic mass is 14.2. The van der Waals surface area contributed by atoms with Gasteiger partial charge in [-0.2, -0.15) is 0 Å². The van der Waals surface area contributed by atoms with Gasteiger partial charge >= 0.3 is 0 Å². The molecule has 10 aromatic rings. The Morgan fingerprint density at radius 3 is 0.870 bits per heavy atom. The molecule has 0 saturated carbocycles. The molecule has 0 nitrogen and oxygen atoms in total. The van der Waals surface area contributed by atoms with Crippen molar-refractivity contribution in [3.8, 4) is 66.8 Å². The standard InChI is InChI=1S/C54H36/c1-5-17-37(18-6-1)41-29-31-47(44-26-14-13-25-43(41)44)48-32-33-49(46-28-16-15-27-45(46)48)50-35-36-51-52(54(50)40-23-11-4-12-24-40)34-30-42(38-19-7-2-8-20-38)53(51)39-21-9-3-10-22-39/h1-36H. The Labute approximate surface area is 316 Å². The minimum absolute atomic E-state index is 1.21. The molecule has 0 heteroatoms. The van der Waals surface area contributed by atoms with Crippen molar-refractivity contribution in [1.29, 1.82) is 0 Å². The second-order valence-corrected chi connectivity index (χ2v) is 13.9. The molecule has 0 radical (unpaired) electrons. The maximum atomic E-state index is 2.36. The lowest BCUT2D eigenvalue weighted by atomic mass is 9.82. The van der Waals surface area contributed by atoms with Crippen LogP contribution in [-0.2, 0) is 0 Å². The summed E-state index contributed by atoms with van der Waals surface area (Å²) < 4.78 is 0. The van der Waals surface area contributed by atoms with Crippen LogP contribution < -0.4 is 0 Å². The van der Waals surface area contributed by atoms with Gasteiger partial charge in [0, 0.05) is 0 Å². The summed E-state index contributed by atoms with van der Waals surface area (Å²) in [4.78, 5) is 0. The smallest absolute Gasteiger partial charge is 0.00264 e. The van der Waals surface area contributed by atoms with Crippen molar-refractivity contribution in [3.05, 3.63) is 218 Å². The molecule has 0 aromatic heterocycles. The molecular weight excluding hydrogens is 649 g/mol. The zero-order chi connectivity index (χ0) is 35.8. The van der Waals surface area contributed by atoms with Crippen LogP contribution in [-0.4, -0.2) is 0 Å². The highest BCUT2D eigenvalue weighted by Gasteiger charge is 2.20. The van der Waals surface area contributed by atoms with E-state index in [0.717, 1.165) is 0 Å². The van der Waals surface area contributed by atoms with E-state index in [9.17, 15) is 0 Å². The summed E-state index contributed by atoms with van der Waals surface area (Å²) in [6, 6.07) is 79.7. The number of fused-ring (bicyclic) bond motifs is 3.